The summed E-state index contributed by atoms with van der Waals surface area (Å²) in [5.41, 5.74) is 0.0486. The number of ether oxygens (including phenoxy) is 2. The summed E-state index contributed by atoms with van der Waals surface area (Å²) in [4.78, 5) is 28.4. The lowest BCUT2D eigenvalue weighted by Crippen LogP contribution is -2.54. The lowest BCUT2D eigenvalue weighted by Gasteiger charge is -2.39. The maximum atomic E-state index is 13.2. The Hall–Kier alpha value is -1.37. The highest BCUT2D eigenvalue weighted by Crippen LogP contribution is 2.27. The van der Waals surface area contributed by atoms with Gasteiger partial charge in [0, 0.05) is 23.5 Å². The fourth-order valence-electron chi connectivity index (χ4n) is 2.85. The summed E-state index contributed by atoms with van der Waals surface area (Å²) >= 11 is 1.63. The van der Waals surface area contributed by atoms with Crippen LogP contribution in [0.25, 0.3) is 0 Å². The number of hydrogen-bond acceptors (Lipinski definition) is 6. The van der Waals surface area contributed by atoms with E-state index in [-0.39, 0.29) is 5.78 Å². The highest BCUT2D eigenvalue weighted by molar-refractivity contribution is 7.99. The van der Waals surface area contributed by atoms with E-state index in [4.69, 9.17) is 9.47 Å². The van der Waals surface area contributed by atoms with Crippen molar-refractivity contribution in [3.8, 4) is 0 Å². The van der Waals surface area contributed by atoms with Crippen LogP contribution in [0, 0.1) is 0 Å². The van der Waals surface area contributed by atoms with Gasteiger partial charge < -0.3 is 9.47 Å². The van der Waals surface area contributed by atoms with Crippen molar-refractivity contribution in [3.05, 3.63) is 29.3 Å². The molecule has 0 aromatic heterocycles. The molecule has 6 heteroatoms. The second kappa shape index (κ2) is 8.14. The topological polar surface area (TPSA) is 55.8 Å². The quantitative estimate of drug-likeness (QED) is 0.446. The van der Waals surface area contributed by atoms with E-state index in [9.17, 15) is 9.59 Å². The zero-order valence-corrected chi connectivity index (χ0v) is 15.6. The molecule has 0 bridgehead atoms. The average Bonchev–Trinajstić information content (AvgIpc) is 2.61. The van der Waals surface area contributed by atoms with Gasteiger partial charge in [-0.15, -0.1) is 11.8 Å². The number of rotatable bonds is 6. The van der Waals surface area contributed by atoms with Crippen molar-refractivity contribution >= 4 is 23.5 Å². The lowest BCUT2D eigenvalue weighted by atomic mass is 9.88. The molecule has 24 heavy (non-hydrogen) atoms. The molecular weight excluding hydrogens is 326 g/mol. The van der Waals surface area contributed by atoms with Crippen LogP contribution in [0.3, 0.4) is 0 Å². The third kappa shape index (κ3) is 3.99. The number of hydrogen-bond donors (Lipinski definition) is 0. The number of methoxy groups -OCH3 is 1. The smallest absolute Gasteiger partial charge is 0.338 e. The summed E-state index contributed by atoms with van der Waals surface area (Å²) < 4.78 is 10.3. The van der Waals surface area contributed by atoms with Crippen LogP contribution in [-0.2, 0) is 9.47 Å². The summed E-state index contributed by atoms with van der Waals surface area (Å²) in [7, 11) is 1.34. The van der Waals surface area contributed by atoms with E-state index >= 15 is 0 Å². The molecule has 1 aliphatic heterocycles. The SMILES string of the molecule is CCSc1ccc(C(=O)C(C)(C)N2CCOCC2)c(C(=O)OC)c1. The molecule has 0 N–H and O–H groups in total. The first-order valence-electron chi connectivity index (χ1n) is 8.14. The van der Waals surface area contributed by atoms with Crippen LogP contribution in [0.15, 0.2) is 23.1 Å². The van der Waals surface area contributed by atoms with Gasteiger partial charge in [-0.05, 0) is 37.8 Å². The predicted molar refractivity (Wildman–Crippen MR) is 95.0 cm³/mol. The molecule has 1 fully saturated rings. The fourth-order valence-corrected chi connectivity index (χ4v) is 3.55. The molecule has 1 aromatic carbocycles. The highest BCUT2D eigenvalue weighted by atomic mass is 32.2. The van der Waals surface area contributed by atoms with Crippen molar-refractivity contribution < 1.29 is 19.1 Å². The molecule has 0 atom stereocenters. The number of ketones is 1. The minimum Gasteiger partial charge on any atom is -0.465 e. The van der Waals surface area contributed by atoms with Gasteiger partial charge in [0.25, 0.3) is 0 Å². The van der Waals surface area contributed by atoms with Crippen molar-refractivity contribution in [2.24, 2.45) is 0 Å². The first-order valence-corrected chi connectivity index (χ1v) is 9.13. The Balaban J connectivity index is 2.38. The summed E-state index contributed by atoms with van der Waals surface area (Å²) in [6.07, 6.45) is 0. The largest absolute Gasteiger partial charge is 0.465 e. The third-order valence-electron chi connectivity index (χ3n) is 4.31. The Bertz CT molecular complexity index is 609. The molecule has 0 amide bonds. The molecule has 0 saturated carbocycles. The molecule has 1 aromatic rings. The second-order valence-electron chi connectivity index (χ2n) is 6.12. The maximum Gasteiger partial charge on any atom is 0.338 e. The van der Waals surface area contributed by atoms with Gasteiger partial charge in [0.15, 0.2) is 5.78 Å². The lowest BCUT2D eigenvalue weighted by molar-refractivity contribution is -0.00438. The summed E-state index contributed by atoms with van der Waals surface area (Å²) in [6.45, 7) is 8.49. The van der Waals surface area contributed by atoms with Crippen molar-refractivity contribution in [2.45, 2.75) is 31.2 Å². The van der Waals surface area contributed by atoms with Crippen LogP contribution in [0.2, 0.25) is 0 Å². The first-order chi connectivity index (χ1) is 11.4. The molecule has 2 rings (SSSR count). The Kier molecular flexibility index (Phi) is 6.43. The molecule has 1 saturated heterocycles. The number of nitrogens with zero attached hydrogens (tertiary/aromatic N) is 1. The van der Waals surface area contributed by atoms with Gasteiger partial charge in [0.2, 0.25) is 0 Å². The van der Waals surface area contributed by atoms with Gasteiger partial charge in [-0.1, -0.05) is 6.92 Å². The molecule has 0 radical (unpaired) electrons. The second-order valence-corrected chi connectivity index (χ2v) is 7.46. The van der Waals surface area contributed by atoms with Crippen LogP contribution in [0.1, 0.15) is 41.5 Å². The van der Waals surface area contributed by atoms with E-state index in [1.54, 1.807) is 23.9 Å². The van der Waals surface area contributed by atoms with Crippen LogP contribution < -0.4 is 0 Å². The van der Waals surface area contributed by atoms with Crippen molar-refractivity contribution in [1.29, 1.82) is 0 Å². The monoisotopic (exact) mass is 351 g/mol. The summed E-state index contributed by atoms with van der Waals surface area (Å²) in [6, 6.07) is 5.39. The number of carbonyl (C=O) groups is 2. The van der Waals surface area contributed by atoms with Gasteiger partial charge in [-0.2, -0.15) is 0 Å². The molecule has 0 unspecified atom stereocenters. The zero-order chi connectivity index (χ0) is 17.7. The van der Waals surface area contributed by atoms with Crippen LogP contribution in [0.5, 0.6) is 0 Å². The fraction of sp³-hybridized carbons (Fsp3) is 0.556. The molecular formula is C18H25NO4S. The van der Waals surface area contributed by atoms with E-state index in [1.165, 1.54) is 7.11 Å². The van der Waals surface area contributed by atoms with Gasteiger partial charge >= 0.3 is 5.97 Å². The highest BCUT2D eigenvalue weighted by Gasteiger charge is 2.37. The van der Waals surface area contributed by atoms with Gasteiger partial charge in [0.05, 0.1) is 31.4 Å². The number of thioether (sulfide) groups is 1. The number of Topliss-reactive ketones (excluding diaryl/α,β-unsaturated/α-hetero) is 1. The van der Waals surface area contributed by atoms with E-state index in [1.807, 2.05) is 26.8 Å². The molecule has 0 spiro atoms. The summed E-state index contributed by atoms with van der Waals surface area (Å²) in [5, 5.41) is 0. The third-order valence-corrected chi connectivity index (χ3v) is 5.19. The van der Waals surface area contributed by atoms with Crippen molar-refractivity contribution in [2.75, 3.05) is 39.2 Å². The van der Waals surface area contributed by atoms with E-state index in [0.29, 0.717) is 37.4 Å². The molecule has 132 valence electrons. The van der Waals surface area contributed by atoms with Crippen LogP contribution in [0.4, 0.5) is 0 Å². The Morgan fingerprint density at radius 1 is 1.25 bits per heavy atom. The molecule has 5 nitrogen and oxygen atoms in total. The number of benzene rings is 1. The predicted octanol–water partition coefficient (Wildman–Crippen LogP) is 2.88. The normalized spacial score (nSPS) is 16.0. The van der Waals surface area contributed by atoms with E-state index in [2.05, 4.69) is 4.90 Å². The van der Waals surface area contributed by atoms with E-state index in [0.717, 1.165) is 10.6 Å². The maximum absolute atomic E-state index is 13.2. The average molecular weight is 351 g/mol. The van der Waals surface area contributed by atoms with Gasteiger partial charge in [-0.3, -0.25) is 9.69 Å². The minimum absolute atomic E-state index is 0.0714. The minimum atomic E-state index is -0.702. The first kappa shape index (κ1) is 19.0. The van der Waals surface area contributed by atoms with Crippen LogP contribution >= 0.6 is 11.8 Å². The van der Waals surface area contributed by atoms with Crippen LogP contribution in [-0.4, -0.2) is 61.4 Å². The van der Waals surface area contributed by atoms with Crippen molar-refractivity contribution in [3.63, 3.8) is 0 Å². The Morgan fingerprint density at radius 2 is 1.92 bits per heavy atom. The molecule has 0 aliphatic carbocycles. The van der Waals surface area contributed by atoms with Gasteiger partial charge in [-0.25, -0.2) is 4.79 Å². The standard InChI is InChI=1S/C18H25NO4S/c1-5-24-13-6-7-14(15(12-13)17(21)22-4)16(20)18(2,3)19-8-10-23-11-9-19/h6-7,12H,5,8-11H2,1-4H3. The Morgan fingerprint density at radius 3 is 2.50 bits per heavy atom. The molecule has 1 aliphatic rings. The molecule has 1 heterocycles. The zero-order valence-electron chi connectivity index (χ0n) is 14.8. The Labute approximate surface area is 147 Å². The van der Waals surface area contributed by atoms with Crippen molar-refractivity contribution in [1.82, 2.24) is 4.90 Å². The number of carbonyl (C=O) groups excluding carboxylic acids is 2. The van der Waals surface area contributed by atoms with E-state index < -0.39 is 11.5 Å². The summed E-state index contributed by atoms with van der Waals surface area (Å²) in [5.74, 6) is 0.347. The number of esters is 1. The van der Waals surface area contributed by atoms with Gasteiger partial charge in [0.1, 0.15) is 0 Å². The number of morpholine rings is 1.